The number of carbonyl (C=O) groups is 2. The van der Waals surface area contributed by atoms with Crippen LogP contribution in [0.25, 0.3) is 0 Å². The van der Waals surface area contributed by atoms with Gasteiger partial charge in [0.25, 0.3) is 10.0 Å². The van der Waals surface area contributed by atoms with Crippen LogP contribution in [0.4, 0.5) is 23.2 Å². The van der Waals surface area contributed by atoms with E-state index in [-0.39, 0.29) is 29.3 Å². The van der Waals surface area contributed by atoms with Crippen molar-refractivity contribution in [3.63, 3.8) is 0 Å². The predicted molar refractivity (Wildman–Crippen MR) is 181 cm³/mol. The third-order valence-corrected chi connectivity index (χ3v) is 9.80. The molecule has 13 heteroatoms. The average molecular weight is 718 g/mol. The fraction of sp³-hybridized carbons (Fsp3) is 0.278. The largest absolute Gasteiger partial charge is 0.417 e. The molecular formula is C36H36ClF4N3O4S. The smallest absolute Gasteiger partial charge is 0.354 e. The van der Waals surface area contributed by atoms with Gasteiger partial charge in [-0.15, -0.1) is 0 Å². The van der Waals surface area contributed by atoms with Crippen molar-refractivity contribution >= 4 is 39.1 Å². The van der Waals surface area contributed by atoms with E-state index in [0.717, 1.165) is 22.6 Å². The Kier molecular flexibility index (Phi) is 12.1. The number of aryl methyl sites for hydroxylation is 1. The molecule has 1 N–H and O–H groups in total. The molecule has 0 aliphatic heterocycles. The van der Waals surface area contributed by atoms with Crippen molar-refractivity contribution in [3.8, 4) is 0 Å². The van der Waals surface area contributed by atoms with Gasteiger partial charge in [0.05, 0.1) is 21.2 Å². The summed E-state index contributed by atoms with van der Waals surface area (Å²) in [7, 11) is -4.68. The normalized spacial score (nSPS) is 12.4. The lowest BCUT2D eigenvalue weighted by Gasteiger charge is -2.34. The molecule has 0 heterocycles. The molecule has 0 bridgehead atoms. The Balaban J connectivity index is 1.87. The standard InChI is InChI=1S/C36H36ClF4N3O4S/c1-24(2)21-42-35(46)33(19-26-9-5-4-6-10-26)43(22-27-11-7-8-12-32(27)38)34(45)23-44(49(47,48)29-16-13-25(3)14-17-29)28-15-18-31(37)30(20-28)36(39,40)41/h4-18,20,24,33H,19,21-23H2,1-3H3,(H,42,46)/t33-/m0/s1. The van der Waals surface area contributed by atoms with Gasteiger partial charge in [-0.1, -0.05) is 91.7 Å². The Labute approximate surface area is 288 Å². The van der Waals surface area contributed by atoms with E-state index in [9.17, 15) is 31.2 Å². The van der Waals surface area contributed by atoms with E-state index in [0.29, 0.717) is 15.9 Å². The fourth-order valence-electron chi connectivity index (χ4n) is 5.04. The van der Waals surface area contributed by atoms with Crippen molar-refractivity contribution in [1.82, 2.24) is 10.2 Å². The zero-order chi connectivity index (χ0) is 35.9. The molecule has 7 nitrogen and oxygen atoms in total. The quantitative estimate of drug-likeness (QED) is 0.146. The number of nitrogens with zero attached hydrogens (tertiary/aromatic N) is 2. The highest BCUT2D eigenvalue weighted by molar-refractivity contribution is 7.92. The molecule has 4 aromatic rings. The maximum Gasteiger partial charge on any atom is 0.417 e. The number of sulfonamides is 1. The van der Waals surface area contributed by atoms with Crippen LogP contribution in [0.2, 0.25) is 5.02 Å². The van der Waals surface area contributed by atoms with Gasteiger partial charge in [-0.2, -0.15) is 13.2 Å². The van der Waals surface area contributed by atoms with E-state index in [4.69, 9.17) is 11.6 Å². The highest BCUT2D eigenvalue weighted by atomic mass is 35.5. The van der Waals surface area contributed by atoms with Gasteiger partial charge in [0, 0.05) is 25.1 Å². The van der Waals surface area contributed by atoms with Crippen LogP contribution >= 0.6 is 11.6 Å². The van der Waals surface area contributed by atoms with Crippen molar-refractivity contribution in [2.45, 2.75) is 50.9 Å². The zero-order valence-corrected chi connectivity index (χ0v) is 28.6. The van der Waals surface area contributed by atoms with Crippen molar-refractivity contribution in [3.05, 3.63) is 130 Å². The van der Waals surface area contributed by atoms with Gasteiger partial charge in [0.1, 0.15) is 18.4 Å². The Morgan fingerprint density at radius 3 is 2.14 bits per heavy atom. The molecule has 2 amide bonds. The molecular weight excluding hydrogens is 682 g/mol. The van der Waals surface area contributed by atoms with E-state index in [1.54, 1.807) is 43.3 Å². The SMILES string of the molecule is Cc1ccc(S(=O)(=O)N(CC(=O)N(Cc2ccccc2F)[C@@H](Cc2ccccc2)C(=O)NCC(C)C)c2ccc(Cl)c(C(F)(F)F)c2)cc1. The maximum absolute atomic E-state index is 15.1. The number of benzene rings is 4. The van der Waals surface area contributed by atoms with Crippen molar-refractivity contribution in [1.29, 1.82) is 0 Å². The lowest BCUT2D eigenvalue weighted by atomic mass is 10.0. The summed E-state index contributed by atoms with van der Waals surface area (Å²) in [5.41, 5.74) is -0.360. The first-order valence-corrected chi connectivity index (χ1v) is 17.2. The summed E-state index contributed by atoms with van der Waals surface area (Å²) in [5, 5.41) is 2.15. The first kappa shape index (κ1) is 37.4. The minimum atomic E-state index is -4.94. The number of anilines is 1. The molecule has 0 radical (unpaired) electrons. The van der Waals surface area contributed by atoms with Crippen LogP contribution in [0, 0.1) is 18.7 Å². The van der Waals surface area contributed by atoms with E-state index in [1.807, 2.05) is 13.8 Å². The fourth-order valence-corrected chi connectivity index (χ4v) is 6.67. The maximum atomic E-state index is 15.1. The minimum absolute atomic E-state index is 0.0190. The predicted octanol–water partition coefficient (Wildman–Crippen LogP) is 7.41. The Morgan fingerprint density at radius 2 is 1.53 bits per heavy atom. The van der Waals surface area contributed by atoms with E-state index in [2.05, 4.69) is 5.32 Å². The monoisotopic (exact) mass is 717 g/mol. The third-order valence-electron chi connectivity index (χ3n) is 7.69. The first-order chi connectivity index (χ1) is 23.1. The van der Waals surface area contributed by atoms with Crippen molar-refractivity contribution in [2.75, 3.05) is 17.4 Å². The second kappa shape index (κ2) is 15.9. The van der Waals surface area contributed by atoms with E-state index in [1.165, 1.54) is 42.5 Å². The van der Waals surface area contributed by atoms with Crippen LogP contribution < -0.4 is 9.62 Å². The first-order valence-electron chi connectivity index (χ1n) is 15.4. The Morgan fingerprint density at radius 1 is 0.898 bits per heavy atom. The molecule has 1 atom stereocenters. The summed E-state index contributed by atoms with van der Waals surface area (Å²) < 4.78 is 85.7. The third kappa shape index (κ3) is 9.60. The van der Waals surface area contributed by atoms with Gasteiger partial charge < -0.3 is 10.2 Å². The summed E-state index contributed by atoms with van der Waals surface area (Å²) in [6, 6.07) is 21.2. The highest BCUT2D eigenvalue weighted by Crippen LogP contribution is 2.38. The molecule has 4 aromatic carbocycles. The average Bonchev–Trinajstić information content (AvgIpc) is 3.05. The van der Waals surface area contributed by atoms with Crippen LogP contribution in [0.5, 0.6) is 0 Å². The van der Waals surface area contributed by atoms with Crippen molar-refractivity contribution in [2.24, 2.45) is 5.92 Å². The lowest BCUT2D eigenvalue weighted by molar-refractivity contribution is -0.140. The second-order valence-electron chi connectivity index (χ2n) is 11.9. The van der Waals surface area contributed by atoms with Gasteiger partial charge in [-0.3, -0.25) is 13.9 Å². The summed E-state index contributed by atoms with van der Waals surface area (Å²) >= 11 is 5.86. The molecule has 0 unspecified atom stereocenters. The molecule has 0 fully saturated rings. The number of hydrogen-bond acceptors (Lipinski definition) is 4. The number of halogens is 5. The number of nitrogens with one attached hydrogen (secondary N) is 1. The lowest BCUT2D eigenvalue weighted by Crippen LogP contribution is -2.53. The number of rotatable bonds is 13. The molecule has 260 valence electrons. The molecule has 0 saturated heterocycles. The molecule has 4 rings (SSSR count). The molecule has 0 aromatic heterocycles. The van der Waals surface area contributed by atoms with Crippen LogP contribution in [0.3, 0.4) is 0 Å². The van der Waals surface area contributed by atoms with E-state index >= 15 is 4.39 Å². The Bertz CT molecular complexity index is 1870. The molecule has 0 spiro atoms. The van der Waals surface area contributed by atoms with Crippen molar-refractivity contribution < 1.29 is 35.6 Å². The number of hydrogen-bond donors (Lipinski definition) is 1. The van der Waals surface area contributed by atoms with E-state index < -0.39 is 69.2 Å². The number of amides is 2. The molecule has 49 heavy (non-hydrogen) atoms. The van der Waals surface area contributed by atoms with Crippen LogP contribution in [-0.4, -0.2) is 44.3 Å². The molecule has 0 aliphatic carbocycles. The number of carbonyl (C=O) groups excluding carboxylic acids is 2. The van der Waals surface area contributed by atoms with Gasteiger partial charge >= 0.3 is 6.18 Å². The number of alkyl halides is 3. The van der Waals surface area contributed by atoms with Crippen LogP contribution in [0.15, 0.2) is 102 Å². The molecule has 0 aliphatic rings. The second-order valence-corrected chi connectivity index (χ2v) is 14.2. The Hall–Kier alpha value is -4.42. The summed E-state index contributed by atoms with van der Waals surface area (Å²) in [4.78, 5) is 29.1. The van der Waals surface area contributed by atoms with Crippen LogP contribution in [0.1, 0.15) is 36.1 Å². The van der Waals surface area contributed by atoms with Gasteiger partial charge in [0.2, 0.25) is 11.8 Å². The minimum Gasteiger partial charge on any atom is -0.354 e. The highest BCUT2D eigenvalue weighted by Gasteiger charge is 2.38. The molecule has 0 saturated carbocycles. The topological polar surface area (TPSA) is 86.8 Å². The zero-order valence-electron chi connectivity index (χ0n) is 27.0. The summed E-state index contributed by atoms with van der Waals surface area (Å²) in [5.74, 6) is -2.15. The van der Waals surface area contributed by atoms with Gasteiger partial charge in [-0.05, 0) is 54.8 Å². The van der Waals surface area contributed by atoms with Gasteiger partial charge in [-0.25, -0.2) is 12.8 Å². The van der Waals surface area contributed by atoms with Gasteiger partial charge in [0.15, 0.2) is 0 Å². The summed E-state index contributed by atoms with van der Waals surface area (Å²) in [6.45, 7) is 4.28. The summed E-state index contributed by atoms with van der Waals surface area (Å²) in [6.07, 6.45) is -4.96. The van der Waals surface area contributed by atoms with Crippen LogP contribution in [-0.2, 0) is 38.8 Å².